The van der Waals surface area contributed by atoms with Crippen molar-refractivity contribution in [2.24, 2.45) is 0 Å². The molecule has 9 nitrogen and oxygen atoms in total. The molecule has 0 bridgehead atoms. The monoisotopic (exact) mass is 562 g/mol. The fourth-order valence-electron chi connectivity index (χ4n) is 6.16. The summed E-state index contributed by atoms with van der Waals surface area (Å²) in [5.41, 5.74) is 2.56. The van der Waals surface area contributed by atoms with Gasteiger partial charge in [0, 0.05) is 48.3 Å². The lowest BCUT2D eigenvalue weighted by Gasteiger charge is -2.37. The van der Waals surface area contributed by atoms with E-state index in [4.69, 9.17) is 14.2 Å². The number of hydrogen-bond acceptors (Lipinski definition) is 8. The Morgan fingerprint density at radius 1 is 1.17 bits per heavy atom. The number of carbonyl (C=O) groups excluding carboxylic acids is 1. The van der Waals surface area contributed by atoms with Crippen LogP contribution < -0.4 is 20.3 Å². The second kappa shape index (κ2) is 12.0. The van der Waals surface area contributed by atoms with Crippen molar-refractivity contribution in [2.75, 3.05) is 39.5 Å². The van der Waals surface area contributed by atoms with E-state index < -0.39 is 5.97 Å². The van der Waals surface area contributed by atoms with E-state index in [0.717, 1.165) is 49.3 Å². The summed E-state index contributed by atoms with van der Waals surface area (Å²) in [6.07, 6.45) is 7.85. The molecular weight excluding hydrogens is 527 g/mol. The topological polar surface area (TPSA) is 94.9 Å². The Bertz CT molecular complexity index is 1530. The molecule has 1 N–H and O–H groups in total. The van der Waals surface area contributed by atoms with Gasteiger partial charge in [0.2, 0.25) is 0 Å². The highest BCUT2D eigenvalue weighted by atomic mass is 19.1. The zero-order valence-electron chi connectivity index (χ0n) is 23.2. The maximum Gasteiger partial charge on any atom is 0.330 e. The number of benzene rings is 1. The van der Waals surface area contributed by atoms with Crippen molar-refractivity contribution in [1.29, 1.82) is 0 Å². The lowest BCUT2D eigenvalue weighted by molar-refractivity contribution is -0.137. The van der Waals surface area contributed by atoms with Gasteiger partial charge in [-0.15, -0.1) is 0 Å². The highest BCUT2D eigenvalue weighted by molar-refractivity contribution is 5.95. The summed E-state index contributed by atoms with van der Waals surface area (Å²) < 4.78 is 33.2. The van der Waals surface area contributed by atoms with E-state index in [1.807, 2.05) is 6.07 Å². The van der Waals surface area contributed by atoms with E-state index in [2.05, 4.69) is 15.2 Å². The quantitative estimate of drug-likeness (QED) is 0.329. The first kappa shape index (κ1) is 27.4. The van der Waals surface area contributed by atoms with Gasteiger partial charge in [0.1, 0.15) is 19.0 Å². The number of carbonyl (C=O) groups is 1. The Hall–Kier alpha value is -3.76. The van der Waals surface area contributed by atoms with Crippen LogP contribution in [0.1, 0.15) is 49.0 Å². The summed E-state index contributed by atoms with van der Waals surface area (Å²) in [5, 5.41) is 4.39. The van der Waals surface area contributed by atoms with Crippen LogP contribution in [0.3, 0.4) is 0 Å². The molecule has 1 atom stereocenters. The Labute approximate surface area is 237 Å². The Morgan fingerprint density at radius 2 is 1.98 bits per heavy atom. The van der Waals surface area contributed by atoms with Crippen LogP contribution in [-0.2, 0) is 22.5 Å². The highest BCUT2D eigenvalue weighted by Crippen LogP contribution is 2.34. The second-order valence-electron chi connectivity index (χ2n) is 10.8. The van der Waals surface area contributed by atoms with Gasteiger partial charge in [-0.25, -0.2) is 9.18 Å². The van der Waals surface area contributed by atoms with Crippen LogP contribution in [0, 0.1) is 5.82 Å². The minimum absolute atomic E-state index is 0.0474. The number of ether oxygens (including phenoxy) is 3. The molecule has 0 aliphatic carbocycles. The lowest BCUT2D eigenvalue weighted by atomic mass is 9.92. The molecule has 216 valence electrons. The Kier molecular flexibility index (Phi) is 8.02. The number of likely N-dealkylation sites (tertiary alicyclic amines) is 1. The summed E-state index contributed by atoms with van der Waals surface area (Å²) >= 11 is 0. The van der Waals surface area contributed by atoms with E-state index >= 15 is 4.39 Å². The number of rotatable bonds is 8. The molecule has 6 rings (SSSR count). The van der Waals surface area contributed by atoms with Gasteiger partial charge in [0.15, 0.2) is 11.5 Å². The largest absolute Gasteiger partial charge is 0.486 e. The fourth-order valence-corrected chi connectivity index (χ4v) is 6.16. The molecule has 0 saturated carbocycles. The first-order chi connectivity index (χ1) is 20.0. The van der Waals surface area contributed by atoms with Crippen LogP contribution in [0.2, 0.25) is 0 Å². The Morgan fingerprint density at radius 3 is 2.78 bits per heavy atom. The van der Waals surface area contributed by atoms with Gasteiger partial charge in [0.25, 0.3) is 5.56 Å². The molecule has 10 heteroatoms. The SMILES string of the molecule is CCOC(=O)/C=C/c1cc(F)c2c3c1ccc(=O)n3[C@H](CN1CCC(NCc3cc4c(cn3)OCCO4)CC1)CC2. The first-order valence-electron chi connectivity index (χ1n) is 14.4. The van der Waals surface area contributed by atoms with E-state index in [9.17, 15) is 9.59 Å². The van der Waals surface area contributed by atoms with Crippen molar-refractivity contribution in [2.45, 2.75) is 51.2 Å². The van der Waals surface area contributed by atoms with Crippen LogP contribution in [0.15, 0.2) is 41.3 Å². The average Bonchev–Trinajstić information content (AvgIpc) is 2.99. The molecule has 5 heterocycles. The van der Waals surface area contributed by atoms with Gasteiger partial charge in [-0.3, -0.25) is 9.78 Å². The molecule has 3 aliphatic rings. The molecule has 3 aliphatic heterocycles. The van der Waals surface area contributed by atoms with Gasteiger partial charge in [-0.05, 0) is 69.5 Å². The van der Waals surface area contributed by atoms with Gasteiger partial charge < -0.3 is 29.0 Å². The van der Waals surface area contributed by atoms with Crippen LogP contribution in [-0.4, -0.2) is 65.9 Å². The molecule has 0 radical (unpaired) electrons. The summed E-state index contributed by atoms with van der Waals surface area (Å²) in [4.78, 5) is 31.9. The third-order valence-electron chi connectivity index (χ3n) is 8.19. The summed E-state index contributed by atoms with van der Waals surface area (Å²) in [6, 6.07) is 7.00. The molecule has 0 spiro atoms. The number of nitrogens with zero attached hydrogens (tertiary/aromatic N) is 3. The second-order valence-corrected chi connectivity index (χ2v) is 10.8. The molecule has 0 amide bonds. The van der Waals surface area contributed by atoms with Crippen molar-refractivity contribution < 1.29 is 23.4 Å². The molecule has 3 aromatic rings. The summed E-state index contributed by atoms with van der Waals surface area (Å²) in [5.74, 6) is 0.613. The third-order valence-corrected chi connectivity index (χ3v) is 8.19. The molecule has 1 saturated heterocycles. The Balaban J connectivity index is 1.12. The molecule has 1 aromatic carbocycles. The highest BCUT2D eigenvalue weighted by Gasteiger charge is 2.29. The maximum atomic E-state index is 15.2. The number of aromatic nitrogens is 2. The third kappa shape index (κ3) is 5.85. The molecule has 2 aromatic heterocycles. The van der Waals surface area contributed by atoms with Crippen molar-refractivity contribution in [3.8, 4) is 11.5 Å². The molecule has 41 heavy (non-hydrogen) atoms. The van der Waals surface area contributed by atoms with Gasteiger partial charge in [0.05, 0.1) is 30.1 Å². The van der Waals surface area contributed by atoms with Crippen molar-refractivity contribution in [1.82, 2.24) is 19.8 Å². The van der Waals surface area contributed by atoms with Gasteiger partial charge >= 0.3 is 5.97 Å². The van der Waals surface area contributed by atoms with Crippen LogP contribution in [0.4, 0.5) is 4.39 Å². The minimum Gasteiger partial charge on any atom is -0.486 e. The number of nitrogens with one attached hydrogen (secondary N) is 1. The smallest absolute Gasteiger partial charge is 0.330 e. The predicted molar refractivity (Wildman–Crippen MR) is 153 cm³/mol. The van der Waals surface area contributed by atoms with Gasteiger partial charge in [-0.1, -0.05) is 0 Å². The first-order valence-corrected chi connectivity index (χ1v) is 14.4. The lowest BCUT2D eigenvalue weighted by Crippen LogP contribution is -2.45. The normalized spacial score (nSPS) is 19.1. The van der Waals surface area contributed by atoms with E-state index in [0.29, 0.717) is 61.0 Å². The van der Waals surface area contributed by atoms with E-state index in [-0.39, 0.29) is 24.0 Å². The van der Waals surface area contributed by atoms with E-state index in [1.54, 1.807) is 35.9 Å². The average molecular weight is 563 g/mol. The van der Waals surface area contributed by atoms with E-state index in [1.165, 1.54) is 12.1 Å². The zero-order chi connectivity index (χ0) is 28.3. The van der Waals surface area contributed by atoms with Crippen LogP contribution in [0.5, 0.6) is 11.5 Å². The number of pyridine rings is 2. The number of esters is 1. The number of piperidine rings is 1. The summed E-state index contributed by atoms with van der Waals surface area (Å²) in [7, 11) is 0. The van der Waals surface area contributed by atoms with Crippen molar-refractivity contribution in [3.63, 3.8) is 0 Å². The maximum absolute atomic E-state index is 15.2. The van der Waals surface area contributed by atoms with Crippen LogP contribution >= 0.6 is 0 Å². The predicted octanol–water partition coefficient (Wildman–Crippen LogP) is 3.62. The zero-order valence-corrected chi connectivity index (χ0v) is 23.2. The number of fused-ring (bicyclic) bond motifs is 1. The minimum atomic E-state index is -0.483. The number of aryl methyl sites for hydroxylation is 1. The molecule has 1 fully saturated rings. The van der Waals surface area contributed by atoms with Crippen LogP contribution in [0.25, 0.3) is 17.0 Å². The molecule has 0 unspecified atom stereocenters. The van der Waals surface area contributed by atoms with Crippen molar-refractivity contribution in [3.05, 3.63) is 69.5 Å². The number of halogens is 1. The number of hydrogen-bond donors (Lipinski definition) is 1. The van der Waals surface area contributed by atoms with Crippen molar-refractivity contribution >= 4 is 22.9 Å². The standard InChI is InChI=1S/C31H35FN4O5/c1-2-39-30(38)8-3-20-15-26(32)25-5-4-23(36-29(37)7-6-24(20)31(25)36)19-35-11-9-21(10-12-35)33-17-22-16-27-28(18-34-22)41-14-13-40-27/h3,6-8,15-16,18,21,23,33H,2,4-5,9-14,17,19H2,1H3/b8-3+/t23-/m0/s1. The summed E-state index contributed by atoms with van der Waals surface area (Å²) in [6.45, 7) is 6.33. The molecular formula is C31H35FN4O5. The fraction of sp³-hybridized carbons (Fsp3) is 0.452. The van der Waals surface area contributed by atoms with Gasteiger partial charge in [-0.2, -0.15) is 0 Å².